The van der Waals surface area contributed by atoms with Gasteiger partial charge in [0.15, 0.2) is 0 Å². The number of rotatable bonds is 0. The summed E-state index contributed by atoms with van der Waals surface area (Å²) >= 11 is 0. The van der Waals surface area contributed by atoms with Gasteiger partial charge in [0.25, 0.3) is 0 Å². The Balaban J connectivity index is -0.00000000750. The van der Waals surface area contributed by atoms with Crippen LogP contribution in [0.2, 0.25) is 0 Å². The second-order valence-corrected chi connectivity index (χ2v) is 0.283. The van der Waals surface area contributed by atoms with Gasteiger partial charge >= 0.3 is 43.9 Å². The van der Waals surface area contributed by atoms with Gasteiger partial charge in [0, 0.05) is 21.1 Å². The Morgan fingerprint density at radius 2 is 1.50 bits per heavy atom. The normalized spacial score (nSPS) is 4.00. The summed E-state index contributed by atoms with van der Waals surface area (Å²) in [6.45, 7) is 0. The van der Waals surface area contributed by atoms with E-state index < -0.39 is 6.16 Å². The number of hydrogen-bond donors (Lipinski definition) is 2. The average molecular weight is 200 g/mol. The molecule has 0 aromatic rings. The minimum atomic E-state index is -1.83. The minimum Gasteiger partial charge on any atom is -1.00 e. The molecule has 0 aliphatic carbocycles. The zero-order valence-corrected chi connectivity index (χ0v) is 7.13. The molecular formula is CH4CaMoO3. The maximum atomic E-state index is 8.56. The molecule has 0 aromatic heterocycles. The molecule has 6 heavy (non-hydrogen) atoms. The van der Waals surface area contributed by atoms with Crippen molar-refractivity contribution in [2.24, 2.45) is 0 Å². The van der Waals surface area contributed by atoms with E-state index in [1.165, 1.54) is 0 Å². The molecule has 0 radical (unpaired) electrons. The molecule has 0 aliphatic rings. The van der Waals surface area contributed by atoms with Crippen molar-refractivity contribution >= 4 is 43.9 Å². The van der Waals surface area contributed by atoms with Crippen LogP contribution in [0.4, 0.5) is 4.79 Å². The van der Waals surface area contributed by atoms with E-state index in [4.69, 9.17) is 15.0 Å². The molecule has 2 N–H and O–H groups in total. The van der Waals surface area contributed by atoms with Gasteiger partial charge in [-0.2, -0.15) is 0 Å². The Morgan fingerprint density at radius 3 is 1.50 bits per heavy atom. The van der Waals surface area contributed by atoms with Crippen molar-refractivity contribution in [2.45, 2.75) is 0 Å². The molecule has 0 bridgehead atoms. The fourth-order valence-electron chi connectivity index (χ4n) is 0. The molecule has 0 unspecified atom stereocenters. The van der Waals surface area contributed by atoms with Crippen molar-refractivity contribution in [3.05, 3.63) is 0 Å². The molecule has 0 amide bonds. The second kappa shape index (κ2) is 9.52. The molecule has 0 aliphatic heterocycles. The zero-order chi connectivity index (χ0) is 3.58. The van der Waals surface area contributed by atoms with Gasteiger partial charge in [0.1, 0.15) is 0 Å². The van der Waals surface area contributed by atoms with Crippen molar-refractivity contribution < 1.29 is 38.9 Å². The van der Waals surface area contributed by atoms with Crippen LogP contribution in [0.1, 0.15) is 2.85 Å². The predicted octanol–water partition coefficient (Wildman–Crippen LogP) is 0.0641. The van der Waals surface area contributed by atoms with Gasteiger partial charge in [-0.1, -0.05) is 0 Å². The molecule has 0 heterocycles. The van der Waals surface area contributed by atoms with E-state index >= 15 is 0 Å². The smallest absolute Gasteiger partial charge is 1.00 e. The first kappa shape index (κ1) is 15.7. The van der Waals surface area contributed by atoms with E-state index in [9.17, 15) is 0 Å². The first-order chi connectivity index (χ1) is 1.73. The van der Waals surface area contributed by atoms with E-state index in [0.29, 0.717) is 0 Å². The average Bonchev–Trinajstić information content (AvgIpc) is 0.811. The quantitative estimate of drug-likeness (QED) is 0.544. The van der Waals surface area contributed by atoms with Crippen LogP contribution in [0.15, 0.2) is 0 Å². The van der Waals surface area contributed by atoms with E-state index in [2.05, 4.69) is 0 Å². The summed E-state index contributed by atoms with van der Waals surface area (Å²) in [4.78, 5) is 8.56. The molecule has 0 saturated heterocycles. The van der Waals surface area contributed by atoms with E-state index in [0.717, 1.165) is 0 Å². The van der Waals surface area contributed by atoms with Gasteiger partial charge in [-0.3, -0.25) is 0 Å². The first-order valence-corrected chi connectivity index (χ1v) is 0.651. The Kier molecular flexibility index (Phi) is 24.9. The van der Waals surface area contributed by atoms with E-state index in [-0.39, 0.29) is 61.7 Å². The van der Waals surface area contributed by atoms with Gasteiger partial charge in [-0.05, 0) is 0 Å². The maximum absolute atomic E-state index is 8.56. The third-order valence-electron chi connectivity index (χ3n) is 0. The molecule has 0 atom stereocenters. The van der Waals surface area contributed by atoms with Crippen LogP contribution in [0.25, 0.3) is 0 Å². The summed E-state index contributed by atoms with van der Waals surface area (Å²) in [6.07, 6.45) is -1.83. The number of carbonyl (C=O) groups is 1. The van der Waals surface area contributed by atoms with Crippen molar-refractivity contribution in [3.63, 3.8) is 0 Å². The minimum absolute atomic E-state index is 0. The predicted molar refractivity (Wildman–Crippen MR) is 18.6 cm³/mol. The van der Waals surface area contributed by atoms with Crippen LogP contribution in [-0.2, 0) is 21.1 Å². The maximum Gasteiger partial charge on any atom is 2.00 e. The summed E-state index contributed by atoms with van der Waals surface area (Å²) in [5.74, 6) is 0. The Hall–Kier alpha value is 1.22. The summed E-state index contributed by atoms with van der Waals surface area (Å²) in [7, 11) is 0. The largest absolute Gasteiger partial charge is 2.00 e. The molecule has 0 aromatic carbocycles. The number of carboxylic acid groups (broad SMARTS) is 2. The number of hydrogen-bond acceptors (Lipinski definition) is 1. The fraction of sp³-hybridized carbons (Fsp3) is 0. The SMILES string of the molecule is O=C(O)O.[Ca+2].[H-].[H-].[Mo]. The van der Waals surface area contributed by atoms with Crippen LogP contribution < -0.4 is 0 Å². The summed E-state index contributed by atoms with van der Waals surface area (Å²) < 4.78 is 0. The summed E-state index contributed by atoms with van der Waals surface area (Å²) in [5, 5.41) is 13.9. The van der Waals surface area contributed by atoms with Crippen molar-refractivity contribution in [2.75, 3.05) is 0 Å². The fourth-order valence-corrected chi connectivity index (χ4v) is 0. The van der Waals surface area contributed by atoms with Gasteiger partial charge < -0.3 is 13.1 Å². The third-order valence-corrected chi connectivity index (χ3v) is 0. The van der Waals surface area contributed by atoms with Gasteiger partial charge in [0.05, 0.1) is 0 Å². The first-order valence-electron chi connectivity index (χ1n) is 0.651. The van der Waals surface area contributed by atoms with Gasteiger partial charge in [-0.15, -0.1) is 0 Å². The van der Waals surface area contributed by atoms with E-state index in [1.54, 1.807) is 0 Å². The molecule has 0 fully saturated rings. The Morgan fingerprint density at radius 1 is 1.50 bits per heavy atom. The Bertz CT molecular complexity index is 40.3. The molecular weight excluding hydrogens is 196 g/mol. The standard InChI is InChI=1S/CH2O3.Ca.Mo.2H/c2-1(3)4;;;;/h(H2,2,3,4);;;;/q;+2;;2*-1. The molecule has 34 valence electrons. The third kappa shape index (κ3) is 62.6. The van der Waals surface area contributed by atoms with Crippen molar-refractivity contribution in [1.82, 2.24) is 0 Å². The topological polar surface area (TPSA) is 57.5 Å². The van der Waals surface area contributed by atoms with Gasteiger partial charge in [-0.25, -0.2) is 4.79 Å². The van der Waals surface area contributed by atoms with Crippen LogP contribution in [0.5, 0.6) is 0 Å². The molecule has 3 nitrogen and oxygen atoms in total. The summed E-state index contributed by atoms with van der Waals surface area (Å²) in [6, 6.07) is 0. The van der Waals surface area contributed by atoms with Crippen LogP contribution in [-0.4, -0.2) is 54.1 Å². The summed E-state index contributed by atoms with van der Waals surface area (Å²) in [5.41, 5.74) is 0. The van der Waals surface area contributed by atoms with Crippen LogP contribution >= 0.6 is 0 Å². The van der Waals surface area contributed by atoms with Gasteiger partial charge in [0.2, 0.25) is 0 Å². The van der Waals surface area contributed by atoms with Crippen molar-refractivity contribution in [1.29, 1.82) is 0 Å². The van der Waals surface area contributed by atoms with Crippen LogP contribution in [0, 0.1) is 0 Å². The van der Waals surface area contributed by atoms with E-state index in [1.807, 2.05) is 0 Å². The molecule has 0 rings (SSSR count). The monoisotopic (exact) mass is 202 g/mol. The Labute approximate surface area is 82.0 Å². The van der Waals surface area contributed by atoms with Crippen LogP contribution in [0.3, 0.4) is 0 Å². The second-order valence-electron chi connectivity index (χ2n) is 0.283. The molecule has 0 spiro atoms. The molecule has 0 saturated carbocycles. The zero-order valence-electron chi connectivity index (χ0n) is 4.92. The van der Waals surface area contributed by atoms with Crippen molar-refractivity contribution in [3.8, 4) is 0 Å². The molecule has 5 heteroatoms.